The number of alkyl halides is 2. The quantitative estimate of drug-likeness (QED) is 0.501. The van der Waals surface area contributed by atoms with Crippen molar-refractivity contribution in [1.29, 1.82) is 5.26 Å². The van der Waals surface area contributed by atoms with Gasteiger partial charge in [-0.15, -0.1) is 0 Å². The first-order chi connectivity index (χ1) is 15.9. The molecule has 2 aromatic heterocycles. The molecule has 0 unspecified atom stereocenters. The topological polar surface area (TPSA) is 112 Å². The third-order valence-corrected chi connectivity index (χ3v) is 6.19. The summed E-state index contributed by atoms with van der Waals surface area (Å²) in [4.78, 5) is 8.89. The molecule has 170 valence electrons. The largest absolute Gasteiger partial charge is 0.395 e. The Bertz CT molecular complexity index is 1250. The number of rotatable bonds is 7. The van der Waals surface area contributed by atoms with Crippen molar-refractivity contribution >= 4 is 17.3 Å². The number of nitriles is 1. The lowest BCUT2D eigenvalue weighted by Crippen LogP contribution is -2.28. The number of aliphatic hydroxyl groups is 1. The van der Waals surface area contributed by atoms with Gasteiger partial charge in [-0.1, -0.05) is 6.92 Å². The molecule has 0 bridgehead atoms. The van der Waals surface area contributed by atoms with Gasteiger partial charge in [0.25, 0.3) is 6.43 Å². The summed E-state index contributed by atoms with van der Waals surface area (Å²) in [5.74, 6) is 0.571. The molecule has 0 radical (unpaired) electrons. The minimum atomic E-state index is -2.49. The molecule has 1 atom stereocenters. The van der Waals surface area contributed by atoms with Crippen LogP contribution in [0.5, 0.6) is 0 Å². The number of nitrogens with one attached hydrogen (secondary N) is 2. The van der Waals surface area contributed by atoms with Crippen LogP contribution in [-0.4, -0.2) is 44.4 Å². The lowest BCUT2D eigenvalue weighted by atomic mass is 9.83. The lowest BCUT2D eigenvalue weighted by Gasteiger charge is -2.21. The van der Waals surface area contributed by atoms with Gasteiger partial charge >= 0.3 is 0 Å². The number of hydrogen-bond acceptors (Lipinski definition) is 7. The molecule has 33 heavy (non-hydrogen) atoms. The van der Waals surface area contributed by atoms with E-state index in [9.17, 15) is 19.1 Å². The van der Waals surface area contributed by atoms with Gasteiger partial charge in [-0.05, 0) is 36.6 Å². The highest BCUT2D eigenvalue weighted by Gasteiger charge is 2.36. The van der Waals surface area contributed by atoms with Gasteiger partial charge in [0.15, 0.2) is 0 Å². The van der Waals surface area contributed by atoms with Crippen molar-refractivity contribution in [2.24, 2.45) is 0 Å². The molecule has 0 saturated heterocycles. The Kier molecular flexibility index (Phi) is 5.21. The van der Waals surface area contributed by atoms with E-state index in [1.807, 2.05) is 13.0 Å². The molecule has 1 saturated carbocycles. The van der Waals surface area contributed by atoms with Crippen LogP contribution in [0, 0.1) is 11.3 Å². The molecule has 0 amide bonds. The molecular formula is C23H23F2N7O. The van der Waals surface area contributed by atoms with Crippen molar-refractivity contribution in [2.45, 2.75) is 44.1 Å². The summed E-state index contributed by atoms with van der Waals surface area (Å²) in [6.45, 7) is 1.97. The maximum Gasteiger partial charge on any atom is 0.257 e. The molecule has 1 aliphatic carbocycles. The first kappa shape index (κ1) is 21.3. The Morgan fingerprint density at radius 3 is 2.91 bits per heavy atom. The zero-order valence-corrected chi connectivity index (χ0v) is 18.0. The van der Waals surface area contributed by atoms with Crippen LogP contribution < -0.4 is 10.6 Å². The van der Waals surface area contributed by atoms with Gasteiger partial charge in [0.1, 0.15) is 12.6 Å². The van der Waals surface area contributed by atoms with Gasteiger partial charge in [-0.2, -0.15) is 10.4 Å². The van der Waals surface area contributed by atoms with Crippen LogP contribution in [0.25, 0.3) is 11.3 Å². The Balaban J connectivity index is 1.49. The van der Waals surface area contributed by atoms with E-state index in [1.54, 1.807) is 24.5 Å². The van der Waals surface area contributed by atoms with Crippen LogP contribution in [0.1, 0.15) is 42.5 Å². The van der Waals surface area contributed by atoms with Crippen molar-refractivity contribution in [1.82, 2.24) is 19.7 Å². The zero-order valence-electron chi connectivity index (χ0n) is 18.0. The first-order valence-electron chi connectivity index (χ1n) is 10.8. The van der Waals surface area contributed by atoms with E-state index in [-0.39, 0.29) is 12.5 Å². The van der Waals surface area contributed by atoms with Gasteiger partial charge < -0.3 is 15.7 Å². The van der Waals surface area contributed by atoms with Crippen LogP contribution in [0.2, 0.25) is 0 Å². The molecule has 1 aliphatic heterocycles. The summed E-state index contributed by atoms with van der Waals surface area (Å²) in [6.07, 6.45) is 2.64. The first-order valence-corrected chi connectivity index (χ1v) is 10.8. The number of fused-ring (bicyclic) bond motifs is 1. The van der Waals surface area contributed by atoms with E-state index >= 15 is 0 Å². The smallest absolute Gasteiger partial charge is 0.257 e. The fourth-order valence-electron chi connectivity index (χ4n) is 4.19. The second kappa shape index (κ2) is 8.08. The van der Waals surface area contributed by atoms with Crippen molar-refractivity contribution in [3.8, 4) is 17.3 Å². The summed E-state index contributed by atoms with van der Waals surface area (Å²) in [5, 5.41) is 30.3. The lowest BCUT2D eigenvalue weighted by molar-refractivity contribution is 0.121. The second-order valence-corrected chi connectivity index (χ2v) is 8.84. The number of benzene rings is 1. The summed E-state index contributed by atoms with van der Waals surface area (Å²) >= 11 is 0. The van der Waals surface area contributed by atoms with Crippen molar-refractivity contribution < 1.29 is 13.9 Å². The van der Waals surface area contributed by atoms with Gasteiger partial charge in [-0.3, -0.25) is 4.68 Å². The predicted octanol–water partition coefficient (Wildman–Crippen LogP) is 3.77. The summed E-state index contributed by atoms with van der Waals surface area (Å²) in [6, 6.07) is 7.67. The van der Waals surface area contributed by atoms with Gasteiger partial charge in [0.2, 0.25) is 5.95 Å². The maximum atomic E-state index is 12.8. The number of nitrogens with zero attached hydrogens (tertiary/aromatic N) is 5. The summed E-state index contributed by atoms with van der Waals surface area (Å²) in [5.41, 5.74) is 4.31. The number of anilines is 3. The van der Waals surface area contributed by atoms with Crippen molar-refractivity contribution in [2.75, 3.05) is 23.8 Å². The molecule has 5 rings (SSSR count). The minimum Gasteiger partial charge on any atom is -0.395 e. The molecule has 2 aliphatic rings. The van der Waals surface area contributed by atoms with Gasteiger partial charge in [0, 0.05) is 35.8 Å². The maximum absolute atomic E-state index is 12.8. The van der Waals surface area contributed by atoms with Gasteiger partial charge in [-0.25, -0.2) is 18.7 Å². The molecule has 1 fully saturated rings. The third kappa shape index (κ3) is 4.00. The normalized spacial score (nSPS) is 19.3. The fraction of sp³-hybridized carbons (Fsp3) is 0.391. The Hall–Kier alpha value is -3.58. The molecule has 3 aromatic rings. The van der Waals surface area contributed by atoms with E-state index in [2.05, 4.69) is 31.8 Å². The van der Waals surface area contributed by atoms with Crippen molar-refractivity contribution in [3.05, 3.63) is 47.4 Å². The summed E-state index contributed by atoms with van der Waals surface area (Å²) < 4.78 is 26.9. The van der Waals surface area contributed by atoms with Gasteiger partial charge in [0.05, 0.1) is 34.9 Å². The molecular weight excluding hydrogens is 428 g/mol. The Morgan fingerprint density at radius 2 is 2.21 bits per heavy atom. The van der Waals surface area contributed by atoms with Crippen LogP contribution in [0.4, 0.5) is 26.1 Å². The monoisotopic (exact) mass is 451 g/mol. The number of hydrogen-bond donors (Lipinski definition) is 3. The van der Waals surface area contributed by atoms with Crippen molar-refractivity contribution in [3.63, 3.8) is 0 Å². The zero-order chi connectivity index (χ0) is 23.2. The molecule has 10 heteroatoms. The molecule has 1 aromatic carbocycles. The highest BCUT2D eigenvalue weighted by atomic mass is 19.3. The summed E-state index contributed by atoms with van der Waals surface area (Å²) in [7, 11) is 0. The Labute approximate surface area is 189 Å². The standard InChI is InChI=1S/C23H23F2N7O/c1-23(12-33)11-28-20-15(8-26)6-14(7-16(20)23)17-4-5-27-22(29-17)30-18-9-32(10-19(24)25)31-21(18)13-2-3-13/h4-7,9,13,19,28,33H,2-3,10-12H2,1H3,(H,27,29,30)/t23-/m1/s1. The van der Waals surface area contributed by atoms with Crippen LogP contribution >= 0.6 is 0 Å². The second-order valence-electron chi connectivity index (χ2n) is 8.84. The SMILES string of the molecule is C[C@]1(CO)CNc2c(C#N)cc(-c3ccnc(Nc4cn(CC(F)F)nc4C4CC4)n3)cc21. The predicted molar refractivity (Wildman–Crippen MR) is 119 cm³/mol. The highest BCUT2D eigenvalue weighted by Crippen LogP contribution is 2.43. The molecule has 3 heterocycles. The van der Waals surface area contributed by atoms with E-state index in [1.165, 1.54) is 4.68 Å². The number of aromatic nitrogens is 4. The number of aliphatic hydroxyl groups excluding tert-OH is 1. The highest BCUT2D eigenvalue weighted by molar-refractivity contribution is 5.76. The molecule has 3 N–H and O–H groups in total. The van der Waals surface area contributed by atoms with Crippen LogP contribution in [-0.2, 0) is 12.0 Å². The van der Waals surface area contributed by atoms with E-state index in [0.29, 0.717) is 29.4 Å². The van der Waals surface area contributed by atoms with E-state index in [4.69, 9.17) is 0 Å². The van der Waals surface area contributed by atoms with Crippen LogP contribution in [0.15, 0.2) is 30.6 Å². The number of halogens is 2. The average molecular weight is 451 g/mol. The van der Waals surface area contributed by atoms with E-state index < -0.39 is 18.4 Å². The van der Waals surface area contributed by atoms with Crippen LogP contribution in [0.3, 0.4) is 0 Å². The molecule has 0 spiro atoms. The average Bonchev–Trinajstić information content (AvgIpc) is 3.50. The van der Waals surface area contributed by atoms with E-state index in [0.717, 1.165) is 35.3 Å². The Morgan fingerprint density at radius 1 is 1.39 bits per heavy atom. The molecule has 8 nitrogen and oxygen atoms in total. The minimum absolute atomic E-state index is 0.0511. The fourth-order valence-corrected chi connectivity index (χ4v) is 4.19. The third-order valence-electron chi connectivity index (χ3n) is 6.19.